The van der Waals surface area contributed by atoms with Gasteiger partial charge in [0.1, 0.15) is 10.6 Å². The number of likely N-dealkylation sites (tertiary alicyclic amines) is 1. The molecule has 0 radical (unpaired) electrons. The number of hydrogen-bond donors (Lipinski definition) is 2. The maximum Gasteiger partial charge on any atom is 0.256 e. The Bertz CT molecular complexity index is 556. The van der Waals surface area contributed by atoms with Crippen molar-refractivity contribution in [1.29, 1.82) is 0 Å². The number of carbonyl (C=O) groups excluding carboxylic acids is 1. The minimum Gasteiger partial charge on any atom is -0.365 e. The van der Waals surface area contributed by atoms with Crippen LogP contribution in [-0.4, -0.2) is 42.0 Å². The molecule has 0 spiro atoms. The number of hydrogen-bond acceptors (Lipinski definition) is 3. The normalized spacial score (nSPS) is 19.1. The van der Waals surface area contributed by atoms with Crippen molar-refractivity contribution in [3.63, 3.8) is 0 Å². The van der Waals surface area contributed by atoms with E-state index in [0.717, 1.165) is 26.1 Å². The Morgan fingerprint density at radius 3 is 3.00 bits per heavy atom. The van der Waals surface area contributed by atoms with Crippen LogP contribution in [0.2, 0.25) is 5.02 Å². The molecule has 0 aliphatic carbocycles. The van der Waals surface area contributed by atoms with E-state index in [-0.39, 0.29) is 16.5 Å². The average molecular weight is 312 g/mol. The third-order valence-corrected chi connectivity index (χ3v) is 3.97. The molecule has 0 bridgehead atoms. The predicted octanol–water partition coefficient (Wildman–Crippen LogP) is 1.74. The minimum atomic E-state index is -0.430. The molecule has 0 unspecified atom stereocenters. The number of nitrogens with zero attached hydrogens (tertiary/aromatic N) is 1. The fourth-order valence-corrected chi connectivity index (χ4v) is 2.89. The lowest BCUT2D eigenvalue weighted by Crippen LogP contribution is -2.34. The maximum atomic E-state index is 12.0. The lowest BCUT2D eigenvalue weighted by Gasteiger charge is -2.18. The van der Waals surface area contributed by atoms with Gasteiger partial charge in [-0.15, -0.1) is 0 Å². The fraction of sp³-hybridized carbons (Fsp3) is 0.600. The van der Waals surface area contributed by atoms with Crippen LogP contribution >= 0.6 is 11.6 Å². The highest BCUT2D eigenvalue weighted by Crippen LogP contribution is 2.16. The molecule has 1 aliphatic rings. The van der Waals surface area contributed by atoms with Crippen molar-refractivity contribution in [2.24, 2.45) is 11.8 Å². The van der Waals surface area contributed by atoms with Crippen molar-refractivity contribution in [3.05, 3.63) is 33.2 Å². The van der Waals surface area contributed by atoms with Crippen molar-refractivity contribution in [1.82, 2.24) is 15.2 Å². The largest absolute Gasteiger partial charge is 0.365 e. The fourth-order valence-electron chi connectivity index (χ4n) is 2.72. The van der Waals surface area contributed by atoms with Gasteiger partial charge >= 0.3 is 0 Å². The van der Waals surface area contributed by atoms with Crippen molar-refractivity contribution in [2.75, 3.05) is 26.2 Å². The second-order valence-corrected chi connectivity index (χ2v) is 6.47. The summed E-state index contributed by atoms with van der Waals surface area (Å²) in [5.74, 6) is 0.746. The highest BCUT2D eigenvalue weighted by molar-refractivity contribution is 6.30. The summed E-state index contributed by atoms with van der Waals surface area (Å²) in [4.78, 5) is 28.9. The van der Waals surface area contributed by atoms with E-state index in [4.69, 9.17) is 11.6 Å². The van der Waals surface area contributed by atoms with Crippen LogP contribution in [0.4, 0.5) is 0 Å². The van der Waals surface area contributed by atoms with Gasteiger partial charge in [-0.3, -0.25) is 9.59 Å². The van der Waals surface area contributed by atoms with Crippen molar-refractivity contribution < 1.29 is 4.79 Å². The summed E-state index contributed by atoms with van der Waals surface area (Å²) >= 11 is 5.72. The van der Waals surface area contributed by atoms with Crippen molar-refractivity contribution in [2.45, 2.75) is 20.3 Å². The van der Waals surface area contributed by atoms with Gasteiger partial charge in [-0.1, -0.05) is 25.4 Å². The van der Waals surface area contributed by atoms with Gasteiger partial charge < -0.3 is 15.2 Å². The van der Waals surface area contributed by atoms with Gasteiger partial charge in [0.25, 0.3) is 5.91 Å². The number of carbonyl (C=O) groups is 1. The smallest absolute Gasteiger partial charge is 0.256 e. The first-order chi connectivity index (χ1) is 9.97. The zero-order chi connectivity index (χ0) is 15.4. The molecule has 0 aromatic carbocycles. The van der Waals surface area contributed by atoms with Crippen LogP contribution in [0.25, 0.3) is 0 Å². The van der Waals surface area contributed by atoms with E-state index in [1.807, 2.05) is 0 Å². The molecule has 1 fully saturated rings. The molecule has 6 heteroatoms. The van der Waals surface area contributed by atoms with Gasteiger partial charge in [-0.25, -0.2) is 0 Å². The molecule has 2 heterocycles. The number of aromatic nitrogens is 1. The molecule has 5 nitrogen and oxygen atoms in total. The molecule has 0 saturated carbocycles. The van der Waals surface area contributed by atoms with Crippen LogP contribution in [0.15, 0.2) is 17.2 Å². The van der Waals surface area contributed by atoms with Crippen LogP contribution < -0.4 is 10.7 Å². The van der Waals surface area contributed by atoms with Crippen LogP contribution in [0, 0.1) is 11.8 Å². The quantitative estimate of drug-likeness (QED) is 0.870. The second kappa shape index (κ2) is 7.09. The predicted molar refractivity (Wildman–Crippen MR) is 83.8 cm³/mol. The Morgan fingerprint density at radius 2 is 2.29 bits per heavy atom. The Labute approximate surface area is 129 Å². The molecule has 2 rings (SSSR count). The molecule has 1 aromatic rings. The molecule has 1 aromatic heterocycles. The zero-order valence-electron chi connectivity index (χ0n) is 12.5. The summed E-state index contributed by atoms with van der Waals surface area (Å²) in [6.07, 6.45) is 3.85. The van der Waals surface area contributed by atoms with E-state index < -0.39 is 5.43 Å². The summed E-state index contributed by atoms with van der Waals surface area (Å²) in [5.41, 5.74) is -0.361. The Hall–Kier alpha value is -1.33. The lowest BCUT2D eigenvalue weighted by atomic mass is 10.1. The van der Waals surface area contributed by atoms with Gasteiger partial charge in [0.2, 0.25) is 5.43 Å². The average Bonchev–Trinajstić information content (AvgIpc) is 2.86. The molecule has 1 amide bonds. The monoisotopic (exact) mass is 311 g/mol. The first-order valence-electron chi connectivity index (χ1n) is 7.34. The zero-order valence-corrected chi connectivity index (χ0v) is 13.2. The number of amides is 1. The Balaban J connectivity index is 1.85. The van der Waals surface area contributed by atoms with Crippen LogP contribution in [-0.2, 0) is 0 Å². The van der Waals surface area contributed by atoms with E-state index in [1.165, 1.54) is 12.4 Å². The summed E-state index contributed by atoms with van der Waals surface area (Å²) in [6.45, 7) is 8.19. The third kappa shape index (κ3) is 4.32. The molecule has 1 saturated heterocycles. The highest BCUT2D eigenvalue weighted by Gasteiger charge is 2.23. The number of pyridine rings is 1. The van der Waals surface area contributed by atoms with Gasteiger partial charge in [0.05, 0.1) is 0 Å². The Kier molecular flexibility index (Phi) is 5.42. The van der Waals surface area contributed by atoms with E-state index >= 15 is 0 Å². The van der Waals surface area contributed by atoms with Crippen LogP contribution in [0.3, 0.4) is 0 Å². The topological polar surface area (TPSA) is 65.2 Å². The molecule has 21 heavy (non-hydrogen) atoms. The summed E-state index contributed by atoms with van der Waals surface area (Å²) in [6, 6.07) is 0. The number of rotatable bonds is 5. The number of nitrogens with one attached hydrogen (secondary N) is 2. The summed E-state index contributed by atoms with van der Waals surface area (Å²) in [5, 5.41) is 2.87. The number of H-pyrrole nitrogens is 1. The van der Waals surface area contributed by atoms with E-state index in [0.29, 0.717) is 18.4 Å². The minimum absolute atomic E-state index is 0.0339. The third-order valence-electron chi connectivity index (χ3n) is 3.69. The lowest BCUT2D eigenvalue weighted by molar-refractivity contribution is 0.0946. The standard InChI is InChI=1S/C15H22ClN3O2/c1-10(2)8-19-4-3-11(9-19)5-18-15(21)12-6-17-7-13(16)14(12)20/h6-7,10-11H,3-5,8-9H2,1-2H3,(H,17,20)(H,18,21)/t11-/m0/s1. The van der Waals surface area contributed by atoms with Crippen molar-refractivity contribution in [3.8, 4) is 0 Å². The number of aromatic amines is 1. The van der Waals surface area contributed by atoms with Crippen LogP contribution in [0.1, 0.15) is 30.6 Å². The molecular formula is C15H22ClN3O2. The molecule has 1 aliphatic heterocycles. The maximum absolute atomic E-state index is 12.0. The van der Waals surface area contributed by atoms with Crippen LogP contribution in [0.5, 0.6) is 0 Å². The number of halogens is 1. The Morgan fingerprint density at radius 1 is 1.52 bits per heavy atom. The highest BCUT2D eigenvalue weighted by atomic mass is 35.5. The van der Waals surface area contributed by atoms with Gasteiger partial charge in [0, 0.05) is 32.0 Å². The van der Waals surface area contributed by atoms with E-state index in [2.05, 4.69) is 29.0 Å². The first kappa shape index (κ1) is 16.0. The summed E-state index contributed by atoms with van der Waals surface area (Å²) in [7, 11) is 0. The molecule has 116 valence electrons. The second-order valence-electron chi connectivity index (χ2n) is 6.06. The molecular weight excluding hydrogens is 290 g/mol. The summed E-state index contributed by atoms with van der Waals surface area (Å²) < 4.78 is 0. The van der Waals surface area contributed by atoms with E-state index in [9.17, 15) is 9.59 Å². The van der Waals surface area contributed by atoms with Gasteiger partial charge in [0.15, 0.2) is 0 Å². The van der Waals surface area contributed by atoms with Gasteiger partial charge in [-0.05, 0) is 24.8 Å². The molecule has 1 atom stereocenters. The molecule has 2 N–H and O–H groups in total. The van der Waals surface area contributed by atoms with Crippen molar-refractivity contribution >= 4 is 17.5 Å². The van der Waals surface area contributed by atoms with Gasteiger partial charge in [-0.2, -0.15) is 0 Å². The first-order valence-corrected chi connectivity index (χ1v) is 7.72. The SMILES string of the molecule is CC(C)CN1CC[C@@H](CNC(=O)c2c[nH]cc(Cl)c2=O)C1. The van der Waals surface area contributed by atoms with E-state index in [1.54, 1.807) is 0 Å².